The number of aliphatic hydroxyl groups is 1. The molecular formula is C60H77N11O10. The Kier molecular flexibility index (Phi) is 22.5. The molecule has 3 heterocycles. The van der Waals surface area contributed by atoms with Crippen LogP contribution in [0.3, 0.4) is 0 Å². The molecule has 9 N–H and O–H groups in total. The predicted molar refractivity (Wildman–Crippen MR) is 305 cm³/mol. The molecule has 0 radical (unpaired) electrons. The first-order valence-electron chi connectivity index (χ1n) is 28.4. The fourth-order valence-corrected chi connectivity index (χ4v) is 10.6. The Bertz CT molecular complexity index is 2830. The molecule has 3 saturated heterocycles. The Morgan fingerprint density at radius 3 is 2.02 bits per heavy atom. The SMILES string of the molecule is CCCCCCCOc1ccc(-c2ccc(-c3ccc(C(=O)N[C@H]4CCCNC(=O)[C@@H]5C[C@H](N=[N+]=[N-])CN5C(=O)[C@H](CCCN)NC(=O)[C@H](CCc5ccc(O)cc5)NC(=O)[C@@H]5CCCN5C(=O)[C@H]([C@@H](C)O)NC4=O)cc3)cc2)cc1. The van der Waals surface area contributed by atoms with Gasteiger partial charge >= 0.3 is 0 Å². The summed E-state index contributed by atoms with van der Waals surface area (Å²) in [4.78, 5) is 106. The van der Waals surface area contributed by atoms with Gasteiger partial charge in [0.15, 0.2) is 0 Å². The molecule has 8 atom stereocenters. The number of ether oxygens (including phenoxy) is 1. The number of nitrogens with one attached hydrogen (secondary N) is 5. The van der Waals surface area contributed by atoms with Crippen LogP contribution >= 0.6 is 0 Å². The number of unbranched alkanes of at least 4 members (excludes halogenated alkanes) is 4. The topological polar surface area (TPSA) is 311 Å². The van der Waals surface area contributed by atoms with Crippen molar-refractivity contribution in [3.8, 4) is 33.8 Å². The van der Waals surface area contributed by atoms with E-state index in [9.17, 15) is 49.3 Å². The summed E-state index contributed by atoms with van der Waals surface area (Å²) in [6.45, 7) is 4.31. The fraction of sp³-hybridized carbons (Fsp3) is 0.483. The fourth-order valence-electron chi connectivity index (χ4n) is 10.6. The van der Waals surface area contributed by atoms with Crippen LogP contribution in [0.1, 0.15) is 113 Å². The van der Waals surface area contributed by atoms with Crippen LogP contribution in [0.5, 0.6) is 11.5 Å². The Morgan fingerprint density at radius 1 is 0.741 bits per heavy atom. The minimum Gasteiger partial charge on any atom is -0.508 e. The van der Waals surface area contributed by atoms with Crippen molar-refractivity contribution in [1.29, 1.82) is 0 Å². The van der Waals surface area contributed by atoms with E-state index >= 15 is 0 Å². The van der Waals surface area contributed by atoms with Crippen LogP contribution in [0.15, 0.2) is 102 Å². The van der Waals surface area contributed by atoms with E-state index in [1.54, 1.807) is 36.4 Å². The Hall–Kier alpha value is -8.00. The summed E-state index contributed by atoms with van der Waals surface area (Å²) in [5.41, 5.74) is 20.0. The van der Waals surface area contributed by atoms with Gasteiger partial charge in [-0.05, 0) is 147 Å². The van der Waals surface area contributed by atoms with E-state index in [1.807, 2.05) is 48.5 Å². The van der Waals surface area contributed by atoms with Crippen molar-refractivity contribution in [2.45, 2.75) is 152 Å². The lowest BCUT2D eigenvalue weighted by molar-refractivity contribution is -0.144. The van der Waals surface area contributed by atoms with Crippen LogP contribution in [-0.4, -0.2) is 143 Å². The highest BCUT2D eigenvalue weighted by molar-refractivity contribution is 6.00. The number of phenols is 1. The van der Waals surface area contributed by atoms with Gasteiger partial charge in [0.05, 0.1) is 18.8 Å². The number of hydrogen-bond donors (Lipinski definition) is 8. The lowest BCUT2D eigenvalue weighted by atomic mass is 9.99. The standard InChI is InChI=1S/C60H77N11O10/c1-3-4-5-6-7-35-81-47-29-25-43(26-30-47)41-19-17-40(18-20-41)42-21-23-44(24-22-42)54(74)64-48-12-9-33-63-57(77)52-36-45(68-69-62)37-71(52)59(79)50(11-8-32-61)66-55(75)49(31-16-39-14-27-46(73)28-15-39)65-58(78)51-13-10-34-70(51)60(80)53(38(2)72)67-56(48)76/h14-15,17-30,38,45,48-53,72-73H,3-13,16,31-37,61H2,1-2H3,(H,63,77)(H,64,74)(H,65,78)(H,66,75)(H,67,76)/t38-,45+,48+,49+,50+,51+,52+,53+/m1/s1. The van der Waals surface area contributed by atoms with Crippen molar-refractivity contribution in [1.82, 2.24) is 36.4 Å². The molecule has 3 fully saturated rings. The molecule has 3 aliphatic rings. The summed E-state index contributed by atoms with van der Waals surface area (Å²) in [5.74, 6) is -3.93. The van der Waals surface area contributed by atoms with E-state index in [0.29, 0.717) is 19.4 Å². The number of hydrogen-bond acceptors (Lipinski definition) is 12. The normalized spacial score (nSPS) is 22.6. The van der Waals surface area contributed by atoms with Crippen LogP contribution in [0.2, 0.25) is 0 Å². The first-order valence-corrected chi connectivity index (χ1v) is 28.4. The van der Waals surface area contributed by atoms with Crippen LogP contribution in [-0.2, 0) is 35.2 Å². The molecule has 4 aromatic rings. The monoisotopic (exact) mass is 1110 g/mol. The number of aryl methyl sites for hydroxylation is 1. The van der Waals surface area contributed by atoms with Gasteiger partial charge in [-0.15, -0.1) is 0 Å². The lowest BCUT2D eigenvalue weighted by Gasteiger charge is -2.32. The van der Waals surface area contributed by atoms with E-state index in [0.717, 1.165) is 46.4 Å². The maximum absolute atomic E-state index is 14.5. The molecule has 4 aromatic carbocycles. The number of carbonyl (C=O) groups excluding carboxylic acids is 7. The molecule has 21 heteroatoms. The number of aromatic hydroxyl groups is 1. The molecule has 0 bridgehead atoms. The number of benzene rings is 4. The van der Waals surface area contributed by atoms with Gasteiger partial charge in [-0.3, -0.25) is 33.6 Å². The molecule has 0 aromatic heterocycles. The van der Waals surface area contributed by atoms with Gasteiger partial charge in [0, 0.05) is 30.1 Å². The van der Waals surface area contributed by atoms with Gasteiger partial charge in [-0.25, -0.2) is 0 Å². The number of amides is 7. The molecule has 432 valence electrons. The molecule has 0 aliphatic carbocycles. The van der Waals surface area contributed by atoms with Crippen LogP contribution in [0, 0.1) is 0 Å². The van der Waals surface area contributed by atoms with E-state index in [-0.39, 0.29) is 82.4 Å². The number of azide groups is 1. The number of carbonyl (C=O) groups is 7. The number of nitrogens with zero attached hydrogens (tertiary/aromatic N) is 5. The summed E-state index contributed by atoms with van der Waals surface area (Å²) in [6, 6.07) is 20.9. The molecule has 7 amide bonds. The van der Waals surface area contributed by atoms with Gasteiger partial charge in [-0.2, -0.15) is 0 Å². The molecule has 0 spiro atoms. The Morgan fingerprint density at radius 2 is 1.38 bits per heavy atom. The third-order valence-electron chi connectivity index (χ3n) is 15.2. The average Bonchev–Trinajstić information content (AvgIpc) is 4.16. The number of nitrogens with two attached hydrogens (primary N) is 1. The van der Waals surface area contributed by atoms with Gasteiger partial charge in [0.1, 0.15) is 47.8 Å². The third-order valence-corrected chi connectivity index (χ3v) is 15.2. The maximum Gasteiger partial charge on any atom is 0.251 e. The smallest absolute Gasteiger partial charge is 0.251 e. The summed E-state index contributed by atoms with van der Waals surface area (Å²) in [6.07, 6.45) is 5.64. The first-order chi connectivity index (χ1) is 39.2. The van der Waals surface area contributed by atoms with E-state index in [2.05, 4.69) is 43.5 Å². The average molecular weight is 1110 g/mol. The molecular weight excluding hydrogens is 1030 g/mol. The zero-order chi connectivity index (χ0) is 57.8. The maximum atomic E-state index is 14.5. The zero-order valence-electron chi connectivity index (χ0n) is 46.3. The van der Waals surface area contributed by atoms with Crippen molar-refractivity contribution in [3.63, 3.8) is 0 Å². The highest BCUT2D eigenvalue weighted by Crippen LogP contribution is 2.28. The molecule has 81 heavy (non-hydrogen) atoms. The molecule has 21 nitrogen and oxygen atoms in total. The molecule has 3 aliphatic heterocycles. The third kappa shape index (κ3) is 16.8. The van der Waals surface area contributed by atoms with Gasteiger partial charge < -0.3 is 57.1 Å². The molecule has 7 rings (SSSR count). The lowest BCUT2D eigenvalue weighted by Crippen LogP contribution is -2.61. The van der Waals surface area contributed by atoms with Crippen molar-refractivity contribution in [2.75, 3.05) is 32.8 Å². The highest BCUT2D eigenvalue weighted by Gasteiger charge is 2.44. The first kappa shape index (κ1) is 60.6. The second-order valence-electron chi connectivity index (χ2n) is 21.2. The van der Waals surface area contributed by atoms with Crippen LogP contribution < -0.4 is 37.1 Å². The molecule has 0 saturated carbocycles. The van der Waals surface area contributed by atoms with Crippen molar-refractivity contribution in [3.05, 3.63) is 119 Å². The summed E-state index contributed by atoms with van der Waals surface area (Å²) in [5, 5.41) is 38.7. The van der Waals surface area contributed by atoms with Crippen molar-refractivity contribution in [2.24, 2.45) is 10.8 Å². The largest absolute Gasteiger partial charge is 0.508 e. The van der Waals surface area contributed by atoms with E-state index in [1.165, 1.54) is 48.1 Å². The highest BCUT2D eigenvalue weighted by atomic mass is 16.5. The summed E-state index contributed by atoms with van der Waals surface area (Å²) < 4.78 is 5.95. The van der Waals surface area contributed by atoms with Gasteiger partial charge in [0.2, 0.25) is 35.4 Å². The second kappa shape index (κ2) is 30.0. The van der Waals surface area contributed by atoms with Gasteiger partial charge in [0.25, 0.3) is 5.91 Å². The Labute approximate surface area is 472 Å². The number of fused-ring (bicyclic) bond motifs is 2. The quantitative estimate of drug-likeness (QED) is 0.0249. The van der Waals surface area contributed by atoms with Crippen molar-refractivity contribution < 1.29 is 48.5 Å². The number of rotatable bonds is 19. The van der Waals surface area contributed by atoms with Gasteiger partial charge in [-0.1, -0.05) is 98.4 Å². The summed E-state index contributed by atoms with van der Waals surface area (Å²) >= 11 is 0. The van der Waals surface area contributed by atoms with Crippen LogP contribution in [0.4, 0.5) is 0 Å². The van der Waals surface area contributed by atoms with E-state index in [4.69, 9.17) is 10.5 Å². The van der Waals surface area contributed by atoms with Crippen molar-refractivity contribution >= 4 is 41.4 Å². The van der Waals surface area contributed by atoms with Crippen LogP contribution in [0.25, 0.3) is 32.7 Å². The summed E-state index contributed by atoms with van der Waals surface area (Å²) in [7, 11) is 0. The van der Waals surface area contributed by atoms with E-state index < -0.39 is 89.7 Å². The second-order valence-corrected chi connectivity index (χ2v) is 21.2. The number of aliphatic hydroxyl groups excluding tert-OH is 1. The molecule has 0 unspecified atom stereocenters. The minimum absolute atomic E-state index is 0.0215. The zero-order valence-corrected chi connectivity index (χ0v) is 46.3. The number of phenolic OH excluding ortho intramolecular Hbond substituents is 1. The predicted octanol–water partition coefficient (Wildman–Crippen LogP) is 5.56. The Balaban J connectivity index is 1.10. The minimum atomic E-state index is -1.56.